The Kier molecular flexibility index (Phi) is 5.43. The Morgan fingerprint density at radius 2 is 2.00 bits per heavy atom. The van der Waals surface area contributed by atoms with Crippen LogP contribution in [0.25, 0.3) is 0 Å². The molecule has 0 aliphatic rings. The van der Waals surface area contributed by atoms with Gasteiger partial charge < -0.3 is 10.1 Å². The minimum absolute atomic E-state index is 0.354. The van der Waals surface area contributed by atoms with Crippen LogP contribution in [0.2, 0.25) is 0 Å². The van der Waals surface area contributed by atoms with Gasteiger partial charge in [0.25, 0.3) is 0 Å². The first-order chi connectivity index (χ1) is 9.24. The molecular weight excluding hydrogens is 322 g/mol. The molecule has 0 saturated carbocycles. The van der Waals surface area contributed by atoms with Crippen LogP contribution in [0.3, 0.4) is 0 Å². The van der Waals surface area contributed by atoms with Gasteiger partial charge in [0, 0.05) is 15.4 Å². The van der Waals surface area contributed by atoms with Crippen molar-refractivity contribution in [2.45, 2.75) is 19.4 Å². The molecule has 0 bridgehead atoms. The van der Waals surface area contributed by atoms with Gasteiger partial charge in [0.15, 0.2) is 0 Å². The van der Waals surface area contributed by atoms with Crippen molar-refractivity contribution in [1.29, 1.82) is 0 Å². The Morgan fingerprint density at radius 1 is 1.26 bits per heavy atom. The predicted octanol–water partition coefficient (Wildman–Crippen LogP) is 4.41. The molecule has 4 heteroatoms. The second kappa shape index (κ2) is 7.08. The molecule has 0 fully saturated rings. The normalized spacial score (nSPS) is 12.4. The number of likely N-dealkylation sites (N-methyl/N-ethyl adjacent to an activating group) is 1. The van der Waals surface area contributed by atoms with Crippen molar-refractivity contribution in [1.82, 2.24) is 5.32 Å². The van der Waals surface area contributed by atoms with E-state index in [1.165, 1.54) is 14.9 Å². The Hall–Kier alpha value is -0.840. The molecule has 1 heterocycles. The average molecular weight is 340 g/mol. The smallest absolute Gasteiger partial charge is 0.118 e. The fourth-order valence-corrected chi connectivity index (χ4v) is 3.78. The van der Waals surface area contributed by atoms with Crippen molar-refractivity contribution in [3.63, 3.8) is 0 Å². The monoisotopic (exact) mass is 339 g/mol. The second-order valence-corrected chi connectivity index (χ2v) is 6.10. The molecule has 1 unspecified atom stereocenters. The summed E-state index contributed by atoms with van der Waals surface area (Å²) in [6.45, 7) is 3.10. The van der Waals surface area contributed by atoms with Gasteiger partial charge >= 0.3 is 0 Å². The lowest BCUT2D eigenvalue weighted by Crippen LogP contribution is -2.22. The van der Waals surface area contributed by atoms with Gasteiger partial charge in [0.05, 0.1) is 7.11 Å². The second-order valence-electron chi connectivity index (χ2n) is 4.30. The molecule has 0 saturated heterocycles. The maximum Gasteiger partial charge on any atom is 0.118 e. The highest BCUT2D eigenvalue weighted by Gasteiger charge is 2.15. The minimum atomic E-state index is 0.354. The third-order valence-electron chi connectivity index (χ3n) is 3.01. The summed E-state index contributed by atoms with van der Waals surface area (Å²) in [7, 11) is 1.69. The Bertz CT molecular complexity index is 509. The summed E-state index contributed by atoms with van der Waals surface area (Å²) < 4.78 is 6.38. The number of benzene rings is 1. The SMILES string of the molecule is CCNC(Cc1ccc(OC)cc1)c1sccc1Br. The zero-order valence-electron chi connectivity index (χ0n) is 11.2. The number of hydrogen-bond acceptors (Lipinski definition) is 3. The lowest BCUT2D eigenvalue weighted by Gasteiger charge is -2.17. The number of thiophene rings is 1. The fraction of sp³-hybridized carbons (Fsp3) is 0.333. The minimum Gasteiger partial charge on any atom is -0.497 e. The van der Waals surface area contributed by atoms with E-state index in [-0.39, 0.29) is 0 Å². The van der Waals surface area contributed by atoms with Crippen LogP contribution >= 0.6 is 27.3 Å². The van der Waals surface area contributed by atoms with Crippen LogP contribution in [0, 0.1) is 0 Å². The lowest BCUT2D eigenvalue weighted by molar-refractivity contribution is 0.414. The average Bonchev–Trinajstić information content (AvgIpc) is 2.85. The number of halogens is 1. The first-order valence-electron chi connectivity index (χ1n) is 6.33. The van der Waals surface area contributed by atoms with Crippen LogP contribution in [-0.2, 0) is 6.42 Å². The Labute approximate surface area is 126 Å². The Morgan fingerprint density at radius 3 is 2.53 bits per heavy atom. The number of nitrogens with one attached hydrogen (secondary N) is 1. The van der Waals surface area contributed by atoms with E-state index in [2.05, 4.69) is 51.7 Å². The van der Waals surface area contributed by atoms with Crippen molar-refractivity contribution >= 4 is 27.3 Å². The van der Waals surface area contributed by atoms with E-state index in [1.54, 1.807) is 18.4 Å². The van der Waals surface area contributed by atoms with Gasteiger partial charge in [-0.25, -0.2) is 0 Å². The molecule has 0 radical (unpaired) electrons. The van der Waals surface area contributed by atoms with Crippen LogP contribution in [0.4, 0.5) is 0 Å². The first-order valence-corrected chi connectivity index (χ1v) is 8.01. The van der Waals surface area contributed by atoms with E-state index >= 15 is 0 Å². The van der Waals surface area contributed by atoms with Gasteiger partial charge in [-0.2, -0.15) is 0 Å². The molecule has 1 atom stereocenters. The number of methoxy groups -OCH3 is 1. The van der Waals surface area contributed by atoms with E-state index in [4.69, 9.17) is 4.74 Å². The number of rotatable bonds is 6. The van der Waals surface area contributed by atoms with Crippen molar-refractivity contribution < 1.29 is 4.74 Å². The van der Waals surface area contributed by atoms with Gasteiger partial charge in [-0.05, 0) is 58.0 Å². The zero-order valence-corrected chi connectivity index (χ0v) is 13.6. The molecule has 102 valence electrons. The topological polar surface area (TPSA) is 21.3 Å². The van der Waals surface area contributed by atoms with Crippen molar-refractivity contribution in [2.24, 2.45) is 0 Å². The summed E-state index contributed by atoms with van der Waals surface area (Å²) in [5.41, 5.74) is 1.31. The molecule has 1 N–H and O–H groups in total. The van der Waals surface area contributed by atoms with Crippen LogP contribution in [0.1, 0.15) is 23.4 Å². The first kappa shape index (κ1) is 14.6. The molecule has 1 aromatic heterocycles. The summed E-state index contributed by atoms with van der Waals surface area (Å²) in [5, 5.41) is 5.67. The van der Waals surface area contributed by atoms with Crippen molar-refractivity contribution in [2.75, 3.05) is 13.7 Å². The van der Waals surface area contributed by atoms with Gasteiger partial charge in [-0.3, -0.25) is 0 Å². The summed E-state index contributed by atoms with van der Waals surface area (Å²) in [4.78, 5) is 1.36. The van der Waals surface area contributed by atoms with E-state index in [0.717, 1.165) is 18.7 Å². The van der Waals surface area contributed by atoms with Crippen LogP contribution in [-0.4, -0.2) is 13.7 Å². The van der Waals surface area contributed by atoms with E-state index < -0.39 is 0 Å². The van der Waals surface area contributed by atoms with E-state index in [0.29, 0.717) is 6.04 Å². The third-order valence-corrected chi connectivity index (χ3v) is 5.00. The maximum absolute atomic E-state index is 5.19. The molecule has 19 heavy (non-hydrogen) atoms. The molecule has 0 aliphatic heterocycles. The lowest BCUT2D eigenvalue weighted by atomic mass is 10.0. The summed E-state index contributed by atoms with van der Waals surface area (Å²) >= 11 is 5.41. The van der Waals surface area contributed by atoms with Gasteiger partial charge in [-0.1, -0.05) is 19.1 Å². The van der Waals surface area contributed by atoms with Crippen molar-refractivity contribution in [3.8, 4) is 5.75 Å². The number of ether oxygens (including phenoxy) is 1. The van der Waals surface area contributed by atoms with Gasteiger partial charge in [0.2, 0.25) is 0 Å². The highest BCUT2D eigenvalue weighted by Crippen LogP contribution is 2.31. The Balaban J connectivity index is 2.14. The highest BCUT2D eigenvalue weighted by atomic mass is 79.9. The molecule has 2 rings (SSSR count). The predicted molar refractivity (Wildman–Crippen MR) is 85.1 cm³/mol. The van der Waals surface area contributed by atoms with Gasteiger partial charge in [-0.15, -0.1) is 11.3 Å². The van der Waals surface area contributed by atoms with Crippen LogP contribution < -0.4 is 10.1 Å². The molecule has 0 aliphatic carbocycles. The van der Waals surface area contributed by atoms with Crippen LogP contribution in [0.15, 0.2) is 40.2 Å². The molecule has 1 aromatic carbocycles. The quantitative estimate of drug-likeness (QED) is 0.841. The largest absolute Gasteiger partial charge is 0.497 e. The molecular formula is C15H18BrNOS. The zero-order chi connectivity index (χ0) is 13.7. The summed E-state index contributed by atoms with van der Waals surface area (Å²) in [6.07, 6.45) is 0.983. The molecule has 0 amide bonds. The molecule has 2 nitrogen and oxygen atoms in total. The van der Waals surface area contributed by atoms with Gasteiger partial charge in [0.1, 0.15) is 5.75 Å². The third kappa shape index (κ3) is 3.81. The standard InChI is InChI=1S/C15H18BrNOS/c1-3-17-14(15-13(16)8-9-19-15)10-11-4-6-12(18-2)7-5-11/h4-9,14,17H,3,10H2,1-2H3. The summed E-state index contributed by atoms with van der Waals surface area (Å²) in [6, 6.07) is 10.8. The highest BCUT2D eigenvalue weighted by molar-refractivity contribution is 9.10. The molecule has 0 spiro atoms. The molecule has 2 aromatic rings. The fourth-order valence-electron chi connectivity index (χ4n) is 2.06. The number of hydrogen-bond donors (Lipinski definition) is 1. The summed E-state index contributed by atoms with van der Waals surface area (Å²) in [5.74, 6) is 0.904. The van der Waals surface area contributed by atoms with E-state index in [9.17, 15) is 0 Å². The van der Waals surface area contributed by atoms with Crippen molar-refractivity contribution in [3.05, 3.63) is 50.6 Å². The van der Waals surface area contributed by atoms with Crippen LogP contribution in [0.5, 0.6) is 5.75 Å². The maximum atomic E-state index is 5.19. The van der Waals surface area contributed by atoms with E-state index in [1.807, 2.05) is 12.1 Å².